The lowest BCUT2D eigenvalue weighted by Gasteiger charge is -2.14. The summed E-state index contributed by atoms with van der Waals surface area (Å²) in [6.07, 6.45) is 6.53. The van der Waals surface area contributed by atoms with Crippen molar-refractivity contribution in [2.75, 3.05) is 13.7 Å². The van der Waals surface area contributed by atoms with E-state index in [0.29, 0.717) is 17.4 Å². The average Bonchev–Trinajstić information content (AvgIpc) is 2.89. The van der Waals surface area contributed by atoms with Gasteiger partial charge in [-0.15, -0.1) is 0 Å². The number of amidine groups is 1. The molecule has 0 bridgehead atoms. The van der Waals surface area contributed by atoms with Gasteiger partial charge in [0.1, 0.15) is 0 Å². The SMILES string of the molecule is CCCC1CN=C(NC2CCC(OC)C2)S1. The Bertz CT molecular complexity index is 257. The van der Waals surface area contributed by atoms with Crippen molar-refractivity contribution in [3.05, 3.63) is 0 Å². The zero-order valence-electron chi connectivity index (χ0n) is 10.2. The van der Waals surface area contributed by atoms with E-state index in [0.717, 1.165) is 13.0 Å². The molecule has 0 radical (unpaired) electrons. The Kier molecular flexibility index (Phi) is 4.53. The highest BCUT2D eigenvalue weighted by Gasteiger charge is 2.27. The van der Waals surface area contributed by atoms with Crippen molar-refractivity contribution in [3.8, 4) is 0 Å². The Morgan fingerprint density at radius 1 is 1.50 bits per heavy atom. The van der Waals surface area contributed by atoms with Crippen LogP contribution in [0.5, 0.6) is 0 Å². The number of methoxy groups -OCH3 is 1. The molecular formula is C12H22N2OS. The molecule has 3 unspecified atom stereocenters. The molecule has 3 nitrogen and oxygen atoms in total. The molecule has 2 rings (SSSR count). The number of rotatable bonds is 4. The summed E-state index contributed by atoms with van der Waals surface area (Å²) in [5, 5.41) is 5.45. The molecule has 92 valence electrons. The van der Waals surface area contributed by atoms with Crippen LogP contribution in [0.4, 0.5) is 0 Å². The van der Waals surface area contributed by atoms with E-state index in [9.17, 15) is 0 Å². The molecule has 1 fully saturated rings. The van der Waals surface area contributed by atoms with E-state index < -0.39 is 0 Å². The number of aliphatic imine (C=N–C) groups is 1. The minimum atomic E-state index is 0.455. The Morgan fingerprint density at radius 2 is 2.38 bits per heavy atom. The second-order valence-electron chi connectivity index (χ2n) is 4.69. The van der Waals surface area contributed by atoms with Gasteiger partial charge in [-0.05, 0) is 25.7 Å². The van der Waals surface area contributed by atoms with Crippen molar-refractivity contribution in [2.45, 2.75) is 56.4 Å². The highest BCUT2D eigenvalue weighted by molar-refractivity contribution is 8.14. The van der Waals surface area contributed by atoms with Gasteiger partial charge in [-0.2, -0.15) is 0 Å². The van der Waals surface area contributed by atoms with Gasteiger partial charge in [0, 0.05) is 18.4 Å². The molecule has 1 N–H and O–H groups in total. The highest BCUT2D eigenvalue weighted by atomic mass is 32.2. The third-order valence-electron chi connectivity index (χ3n) is 3.37. The molecule has 1 aliphatic heterocycles. The molecule has 4 heteroatoms. The first-order valence-electron chi connectivity index (χ1n) is 6.32. The van der Waals surface area contributed by atoms with Crippen molar-refractivity contribution < 1.29 is 4.74 Å². The van der Waals surface area contributed by atoms with Crippen LogP contribution in [-0.2, 0) is 4.74 Å². The molecule has 0 aromatic rings. The van der Waals surface area contributed by atoms with Crippen LogP contribution in [0.25, 0.3) is 0 Å². The van der Waals surface area contributed by atoms with E-state index in [1.54, 1.807) is 0 Å². The average molecular weight is 242 g/mol. The standard InChI is InChI=1S/C12H22N2OS/c1-3-4-11-8-13-12(16-11)14-9-5-6-10(7-9)15-2/h9-11H,3-8H2,1-2H3,(H,13,14). The maximum absolute atomic E-state index is 5.38. The van der Waals surface area contributed by atoms with Crippen LogP contribution < -0.4 is 5.32 Å². The maximum atomic E-state index is 5.38. The van der Waals surface area contributed by atoms with Crippen molar-refractivity contribution >= 4 is 16.9 Å². The molecule has 1 aliphatic carbocycles. The number of ether oxygens (including phenoxy) is 1. The summed E-state index contributed by atoms with van der Waals surface area (Å²) in [6, 6.07) is 0.580. The number of thioether (sulfide) groups is 1. The van der Waals surface area contributed by atoms with Gasteiger partial charge in [0.25, 0.3) is 0 Å². The van der Waals surface area contributed by atoms with Crippen molar-refractivity contribution in [3.63, 3.8) is 0 Å². The minimum Gasteiger partial charge on any atom is -0.381 e. The van der Waals surface area contributed by atoms with Crippen LogP contribution in [0, 0.1) is 0 Å². The summed E-state index contributed by atoms with van der Waals surface area (Å²) in [7, 11) is 1.81. The topological polar surface area (TPSA) is 33.6 Å². The summed E-state index contributed by atoms with van der Waals surface area (Å²) >= 11 is 1.93. The van der Waals surface area contributed by atoms with Crippen LogP contribution in [0.2, 0.25) is 0 Å². The molecular weight excluding hydrogens is 220 g/mol. The van der Waals surface area contributed by atoms with Crippen LogP contribution in [0.1, 0.15) is 39.0 Å². The Balaban J connectivity index is 1.71. The van der Waals surface area contributed by atoms with E-state index in [1.165, 1.54) is 30.9 Å². The smallest absolute Gasteiger partial charge is 0.157 e. The van der Waals surface area contributed by atoms with Crippen LogP contribution in [0.3, 0.4) is 0 Å². The van der Waals surface area contributed by atoms with Gasteiger partial charge in [0.15, 0.2) is 5.17 Å². The third-order valence-corrected chi connectivity index (χ3v) is 4.56. The number of hydrogen-bond donors (Lipinski definition) is 1. The fourth-order valence-electron chi connectivity index (χ4n) is 2.43. The summed E-state index contributed by atoms with van der Waals surface area (Å²) < 4.78 is 5.38. The quantitative estimate of drug-likeness (QED) is 0.822. The first kappa shape index (κ1) is 12.2. The Labute approximate surface area is 102 Å². The monoisotopic (exact) mass is 242 g/mol. The Morgan fingerprint density at radius 3 is 3.06 bits per heavy atom. The summed E-state index contributed by atoms with van der Waals surface area (Å²) in [5.74, 6) is 0. The van der Waals surface area contributed by atoms with Crippen molar-refractivity contribution in [2.24, 2.45) is 4.99 Å². The van der Waals surface area contributed by atoms with Crippen molar-refractivity contribution in [1.82, 2.24) is 5.32 Å². The molecule has 0 spiro atoms. The van der Waals surface area contributed by atoms with E-state index in [2.05, 4.69) is 17.2 Å². The van der Waals surface area contributed by atoms with Crippen LogP contribution >= 0.6 is 11.8 Å². The fourth-order valence-corrected chi connectivity index (χ4v) is 3.63. The number of nitrogens with one attached hydrogen (secondary N) is 1. The number of nitrogens with zero attached hydrogens (tertiary/aromatic N) is 1. The van der Waals surface area contributed by atoms with Gasteiger partial charge < -0.3 is 10.1 Å². The summed E-state index contributed by atoms with van der Waals surface area (Å²) in [5.41, 5.74) is 0. The lowest BCUT2D eigenvalue weighted by atomic mass is 10.2. The predicted molar refractivity (Wildman–Crippen MR) is 70.2 cm³/mol. The van der Waals surface area contributed by atoms with E-state index >= 15 is 0 Å². The van der Waals surface area contributed by atoms with E-state index in [1.807, 2.05) is 18.9 Å². The molecule has 3 atom stereocenters. The first-order chi connectivity index (χ1) is 7.81. The molecule has 0 saturated heterocycles. The molecule has 0 amide bonds. The second kappa shape index (κ2) is 5.92. The summed E-state index contributed by atoms with van der Waals surface area (Å²) in [6.45, 7) is 3.24. The van der Waals surface area contributed by atoms with Gasteiger partial charge >= 0.3 is 0 Å². The predicted octanol–water partition coefficient (Wildman–Crippen LogP) is 2.42. The molecule has 1 heterocycles. The maximum Gasteiger partial charge on any atom is 0.157 e. The van der Waals surface area contributed by atoms with E-state index in [4.69, 9.17) is 4.74 Å². The largest absolute Gasteiger partial charge is 0.381 e. The lowest BCUT2D eigenvalue weighted by molar-refractivity contribution is 0.107. The van der Waals surface area contributed by atoms with Crippen LogP contribution in [-0.4, -0.2) is 36.2 Å². The van der Waals surface area contributed by atoms with Crippen LogP contribution in [0.15, 0.2) is 4.99 Å². The lowest BCUT2D eigenvalue weighted by Crippen LogP contribution is -2.31. The van der Waals surface area contributed by atoms with Gasteiger partial charge in [0.2, 0.25) is 0 Å². The third kappa shape index (κ3) is 3.14. The van der Waals surface area contributed by atoms with E-state index in [-0.39, 0.29) is 0 Å². The fraction of sp³-hybridized carbons (Fsp3) is 0.917. The minimum absolute atomic E-state index is 0.455. The van der Waals surface area contributed by atoms with Crippen molar-refractivity contribution in [1.29, 1.82) is 0 Å². The molecule has 0 aromatic heterocycles. The van der Waals surface area contributed by atoms with Gasteiger partial charge in [0.05, 0.1) is 12.6 Å². The molecule has 0 aromatic carbocycles. The van der Waals surface area contributed by atoms with Gasteiger partial charge in [-0.1, -0.05) is 25.1 Å². The zero-order chi connectivity index (χ0) is 11.4. The second-order valence-corrected chi connectivity index (χ2v) is 5.98. The molecule has 2 aliphatic rings. The first-order valence-corrected chi connectivity index (χ1v) is 7.20. The molecule has 1 saturated carbocycles. The molecule has 16 heavy (non-hydrogen) atoms. The highest BCUT2D eigenvalue weighted by Crippen LogP contribution is 2.27. The zero-order valence-corrected chi connectivity index (χ0v) is 11.1. The van der Waals surface area contributed by atoms with Gasteiger partial charge in [-0.3, -0.25) is 4.99 Å². The normalized spacial score (nSPS) is 34.1. The Hall–Kier alpha value is -0.220. The van der Waals surface area contributed by atoms with Gasteiger partial charge in [-0.25, -0.2) is 0 Å². The summed E-state index contributed by atoms with van der Waals surface area (Å²) in [4.78, 5) is 4.58. The number of hydrogen-bond acceptors (Lipinski definition) is 4.